The second-order valence-corrected chi connectivity index (χ2v) is 8.19. The number of thiophene rings is 1. The molecule has 2 aromatic heterocycles. The van der Waals surface area contributed by atoms with Crippen LogP contribution in [0.2, 0.25) is 0 Å². The van der Waals surface area contributed by atoms with Gasteiger partial charge in [0.05, 0.1) is 16.3 Å². The molecule has 1 N–H and O–H groups in total. The van der Waals surface area contributed by atoms with Gasteiger partial charge in [-0.25, -0.2) is 4.98 Å². The molecule has 0 spiro atoms. The van der Waals surface area contributed by atoms with Crippen LogP contribution in [0.1, 0.15) is 27.0 Å². The number of rotatable bonds is 8. The Morgan fingerprint density at radius 3 is 2.81 bits per heavy atom. The molecule has 0 saturated heterocycles. The quantitative estimate of drug-likeness (QED) is 0.461. The van der Waals surface area contributed by atoms with Crippen molar-refractivity contribution in [1.29, 1.82) is 0 Å². The van der Waals surface area contributed by atoms with Crippen LogP contribution in [-0.2, 0) is 11.2 Å². The summed E-state index contributed by atoms with van der Waals surface area (Å²) in [5, 5.41) is 3.58. The molecular weight excluding hydrogens is 378 g/mol. The highest BCUT2D eigenvalue weighted by Gasteiger charge is 2.13. The molecule has 2 heterocycles. The maximum atomic E-state index is 12.5. The molecule has 5 nitrogen and oxygen atoms in total. The van der Waals surface area contributed by atoms with E-state index in [1.807, 2.05) is 41.1 Å². The number of benzene rings is 1. The van der Waals surface area contributed by atoms with Gasteiger partial charge in [-0.15, -0.1) is 11.3 Å². The van der Waals surface area contributed by atoms with Crippen LogP contribution in [-0.4, -0.2) is 33.5 Å². The molecule has 0 saturated carbocycles. The Morgan fingerprint density at radius 2 is 2.04 bits per heavy atom. The van der Waals surface area contributed by atoms with Gasteiger partial charge in [0.25, 0.3) is 0 Å². The van der Waals surface area contributed by atoms with Crippen molar-refractivity contribution in [3.63, 3.8) is 0 Å². The first kappa shape index (κ1) is 19.4. The van der Waals surface area contributed by atoms with Gasteiger partial charge in [-0.2, -0.15) is 0 Å². The fourth-order valence-electron chi connectivity index (χ4n) is 2.64. The Labute approximate surface area is 166 Å². The van der Waals surface area contributed by atoms with Crippen LogP contribution in [0, 0.1) is 6.92 Å². The van der Waals surface area contributed by atoms with Crippen molar-refractivity contribution >= 4 is 34.8 Å². The molecule has 3 rings (SSSR count). The van der Waals surface area contributed by atoms with Crippen LogP contribution >= 0.6 is 23.1 Å². The van der Waals surface area contributed by atoms with Gasteiger partial charge in [-0.1, -0.05) is 30.0 Å². The van der Waals surface area contributed by atoms with Crippen molar-refractivity contribution in [2.45, 2.75) is 25.4 Å². The van der Waals surface area contributed by atoms with Gasteiger partial charge in [0.15, 0.2) is 10.9 Å². The van der Waals surface area contributed by atoms with Gasteiger partial charge in [0, 0.05) is 30.7 Å². The molecule has 0 bridgehead atoms. The topological polar surface area (TPSA) is 64.0 Å². The SMILES string of the molecule is CC(=O)NCCc1ccc(C(=O)CSc2nccn2-c2ccccc2C)s1. The second kappa shape index (κ2) is 9.01. The average Bonchev–Trinajstić information content (AvgIpc) is 3.29. The number of hydrogen-bond acceptors (Lipinski definition) is 5. The van der Waals surface area contributed by atoms with Crippen molar-refractivity contribution in [2.24, 2.45) is 0 Å². The number of carbonyl (C=O) groups is 2. The molecule has 0 aliphatic carbocycles. The molecule has 0 unspecified atom stereocenters. The maximum Gasteiger partial charge on any atom is 0.216 e. The number of hydrogen-bond donors (Lipinski definition) is 1. The lowest BCUT2D eigenvalue weighted by atomic mass is 10.2. The van der Waals surface area contributed by atoms with Gasteiger partial charge < -0.3 is 5.32 Å². The predicted molar refractivity (Wildman–Crippen MR) is 110 cm³/mol. The monoisotopic (exact) mass is 399 g/mol. The number of thioether (sulfide) groups is 1. The van der Waals surface area contributed by atoms with E-state index in [9.17, 15) is 9.59 Å². The van der Waals surface area contributed by atoms with Crippen LogP contribution in [0.15, 0.2) is 53.9 Å². The minimum absolute atomic E-state index is 0.0385. The number of para-hydroxylation sites is 1. The molecule has 0 fully saturated rings. The largest absolute Gasteiger partial charge is 0.356 e. The molecule has 0 aliphatic heterocycles. The first-order chi connectivity index (χ1) is 13.0. The maximum absolute atomic E-state index is 12.5. The number of Topliss-reactive ketones (excluding diaryl/α,β-unsaturated/α-hetero) is 1. The summed E-state index contributed by atoms with van der Waals surface area (Å²) in [5.41, 5.74) is 2.23. The lowest BCUT2D eigenvalue weighted by Crippen LogP contribution is -2.22. The number of nitrogens with one attached hydrogen (secondary N) is 1. The van der Waals surface area contributed by atoms with Crippen LogP contribution in [0.25, 0.3) is 5.69 Å². The standard InChI is InChI=1S/C20H21N3O2S2/c1-14-5-3-4-6-17(14)23-12-11-22-20(23)26-13-18(25)19-8-7-16(27-19)9-10-21-15(2)24/h3-8,11-12H,9-10,13H2,1-2H3,(H,21,24). The zero-order valence-corrected chi connectivity index (χ0v) is 16.9. The van der Waals surface area contributed by atoms with Gasteiger partial charge in [-0.05, 0) is 37.1 Å². The van der Waals surface area contributed by atoms with E-state index in [1.54, 1.807) is 6.20 Å². The fourth-order valence-corrected chi connectivity index (χ4v) is 4.52. The van der Waals surface area contributed by atoms with Crippen molar-refractivity contribution in [3.05, 3.63) is 64.1 Å². The normalized spacial score (nSPS) is 10.7. The van der Waals surface area contributed by atoms with E-state index in [0.717, 1.165) is 32.6 Å². The summed E-state index contributed by atoms with van der Waals surface area (Å²) in [6, 6.07) is 11.9. The summed E-state index contributed by atoms with van der Waals surface area (Å²) in [7, 11) is 0. The summed E-state index contributed by atoms with van der Waals surface area (Å²) in [6.07, 6.45) is 4.41. The molecule has 27 heavy (non-hydrogen) atoms. The van der Waals surface area contributed by atoms with Crippen molar-refractivity contribution < 1.29 is 9.59 Å². The zero-order chi connectivity index (χ0) is 19.2. The third-order valence-electron chi connectivity index (χ3n) is 4.00. The van der Waals surface area contributed by atoms with E-state index >= 15 is 0 Å². The highest BCUT2D eigenvalue weighted by atomic mass is 32.2. The average molecular weight is 400 g/mol. The van der Waals surface area contributed by atoms with Crippen LogP contribution < -0.4 is 5.32 Å². The van der Waals surface area contributed by atoms with E-state index in [2.05, 4.69) is 23.3 Å². The molecule has 0 atom stereocenters. The number of amides is 1. The third kappa shape index (κ3) is 5.08. The summed E-state index contributed by atoms with van der Waals surface area (Å²) in [6.45, 7) is 4.15. The van der Waals surface area contributed by atoms with Crippen LogP contribution in [0.3, 0.4) is 0 Å². The van der Waals surface area contributed by atoms with Crippen LogP contribution in [0.4, 0.5) is 0 Å². The number of imidazole rings is 1. The third-order valence-corrected chi connectivity index (χ3v) is 6.15. The first-order valence-electron chi connectivity index (χ1n) is 8.63. The summed E-state index contributed by atoms with van der Waals surface area (Å²) >= 11 is 2.93. The summed E-state index contributed by atoms with van der Waals surface area (Å²) in [5.74, 6) is 0.396. The fraction of sp³-hybridized carbons (Fsp3) is 0.250. The molecule has 140 valence electrons. The minimum atomic E-state index is -0.0385. The molecule has 0 radical (unpaired) electrons. The number of ketones is 1. The number of nitrogens with zero attached hydrogens (tertiary/aromatic N) is 2. The Balaban J connectivity index is 1.61. The number of aromatic nitrogens is 2. The second-order valence-electron chi connectivity index (χ2n) is 6.08. The van der Waals surface area contributed by atoms with Gasteiger partial charge in [0.1, 0.15) is 0 Å². The van der Waals surface area contributed by atoms with E-state index in [0.29, 0.717) is 12.3 Å². The highest BCUT2D eigenvalue weighted by Crippen LogP contribution is 2.25. The number of aryl methyl sites for hydroxylation is 1. The molecule has 0 aliphatic rings. The molecule has 1 amide bonds. The van der Waals surface area contributed by atoms with E-state index < -0.39 is 0 Å². The molecular formula is C20H21N3O2S2. The Kier molecular flexibility index (Phi) is 6.47. The lowest BCUT2D eigenvalue weighted by Gasteiger charge is -2.09. The summed E-state index contributed by atoms with van der Waals surface area (Å²) < 4.78 is 2.01. The number of carbonyl (C=O) groups excluding carboxylic acids is 2. The van der Waals surface area contributed by atoms with Gasteiger partial charge in [0.2, 0.25) is 5.91 Å². The Morgan fingerprint density at radius 1 is 1.22 bits per heavy atom. The molecule has 3 aromatic rings. The highest BCUT2D eigenvalue weighted by molar-refractivity contribution is 7.99. The van der Waals surface area contributed by atoms with Crippen molar-refractivity contribution in [2.75, 3.05) is 12.3 Å². The van der Waals surface area contributed by atoms with Crippen LogP contribution in [0.5, 0.6) is 0 Å². The Bertz CT molecular complexity index is 946. The lowest BCUT2D eigenvalue weighted by molar-refractivity contribution is -0.118. The van der Waals surface area contributed by atoms with E-state index in [1.165, 1.54) is 30.0 Å². The van der Waals surface area contributed by atoms with E-state index in [4.69, 9.17) is 0 Å². The van der Waals surface area contributed by atoms with Gasteiger partial charge >= 0.3 is 0 Å². The minimum Gasteiger partial charge on any atom is -0.356 e. The predicted octanol–water partition coefficient (Wildman–Crippen LogP) is 3.90. The first-order valence-corrected chi connectivity index (χ1v) is 10.4. The summed E-state index contributed by atoms with van der Waals surface area (Å²) in [4.78, 5) is 29.7. The molecule has 1 aromatic carbocycles. The van der Waals surface area contributed by atoms with Crippen molar-refractivity contribution in [3.8, 4) is 5.69 Å². The Hall–Kier alpha value is -2.38. The van der Waals surface area contributed by atoms with Crippen molar-refractivity contribution in [1.82, 2.24) is 14.9 Å². The molecule has 7 heteroatoms. The van der Waals surface area contributed by atoms with E-state index in [-0.39, 0.29) is 11.7 Å². The zero-order valence-electron chi connectivity index (χ0n) is 15.3. The smallest absolute Gasteiger partial charge is 0.216 e. The van der Waals surface area contributed by atoms with Gasteiger partial charge in [-0.3, -0.25) is 14.2 Å².